The van der Waals surface area contributed by atoms with Crippen molar-refractivity contribution in [1.29, 1.82) is 0 Å². The zero-order chi connectivity index (χ0) is 15.2. The summed E-state index contributed by atoms with van der Waals surface area (Å²) in [7, 11) is 0. The zero-order valence-corrected chi connectivity index (χ0v) is 14.8. The monoisotopic (exact) mass is 338 g/mol. The summed E-state index contributed by atoms with van der Waals surface area (Å²) in [5.41, 5.74) is 2.77. The van der Waals surface area contributed by atoms with Gasteiger partial charge in [0.1, 0.15) is 0 Å². The van der Waals surface area contributed by atoms with Gasteiger partial charge in [-0.3, -0.25) is 4.90 Å². The van der Waals surface area contributed by atoms with E-state index < -0.39 is 0 Å². The second-order valence-electron chi connectivity index (χ2n) is 6.05. The summed E-state index contributed by atoms with van der Waals surface area (Å²) < 4.78 is 1.19. The van der Waals surface area contributed by atoms with Crippen molar-refractivity contribution in [3.63, 3.8) is 0 Å². The van der Waals surface area contributed by atoms with Crippen LogP contribution in [0.4, 0.5) is 0 Å². The second kappa shape index (κ2) is 7.96. The Kier molecular flexibility index (Phi) is 6.93. The Labute approximate surface area is 132 Å². The van der Waals surface area contributed by atoms with Crippen LogP contribution in [-0.4, -0.2) is 23.5 Å². The van der Waals surface area contributed by atoms with Crippen LogP contribution in [0.1, 0.15) is 38.8 Å². The van der Waals surface area contributed by atoms with E-state index in [-0.39, 0.29) is 5.54 Å². The molecule has 0 fully saturated rings. The molecule has 0 spiro atoms. The van der Waals surface area contributed by atoms with Crippen LogP contribution >= 0.6 is 15.9 Å². The summed E-state index contributed by atoms with van der Waals surface area (Å²) in [5.74, 6) is 0. The summed E-state index contributed by atoms with van der Waals surface area (Å²) in [6, 6.07) is 6.64. The highest BCUT2D eigenvalue weighted by atomic mass is 79.9. The molecule has 3 heteroatoms. The predicted molar refractivity (Wildman–Crippen MR) is 91.9 cm³/mol. The molecule has 1 N–H and O–H groups in total. The van der Waals surface area contributed by atoms with Crippen LogP contribution in [-0.2, 0) is 13.1 Å². The number of nitrogens with one attached hydrogen (secondary N) is 1. The molecule has 1 aromatic carbocycles. The summed E-state index contributed by atoms with van der Waals surface area (Å²) in [4.78, 5) is 2.42. The van der Waals surface area contributed by atoms with E-state index in [1.54, 1.807) is 0 Å². The Bertz CT molecular complexity index is 435. The fraction of sp³-hybridized carbons (Fsp3) is 0.529. The van der Waals surface area contributed by atoms with E-state index in [2.05, 4.69) is 78.6 Å². The Hall–Kier alpha value is -0.640. The van der Waals surface area contributed by atoms with Crippen LogP contribution in [0.3, 0.4) is 0 Å². The molecule has 0 saturated carbocycles. The normalized spacial score (nSPS) is 11.9. The third-order valence-corrected chi connectivity index (χ3v) is 4.09. The van der Waals surface area contributed by atoms with Gasteiger partial charge < -0.3 is 5.32 Å². The van der Waals surface area contributed by atoms with Crippen molar-refractivity contribution < 1.29 is 0 Å². The van der Waals surface area contributed by atoms with Crippen molar-refractivity contribution in [1.82, 2.24) is 10.2 Å². The second-order valence-corrected chi connectivity index (χ2v) is 6.90. The van der Waals surface area contributed by atoms with Crippen LogP contribution in [0.25, 0.3) is 0 Å². The maximum absolute atomic E-state index is 3.86. The zero-order valence-electron chi connectivity index (χ0n) is 13.2. The van der Waals surface area contributed by atoms with Gasteiger partial charge in [0.2, 0.25) is 0 Å². The molecule has 0 aliphatic carbocycles. The number of nitrogens with zero attached hydrogens (tertiary/aromatic N) is 1. The molecule has 1 aromatic rings. The Morgan fingerprint density at radius 3 is 2.55 bits per heavy atom. The number of hydrogen-bond donors (Lipinski definition) is 1. The van der Waals surface area contributed by atoms with Gasteiger partial charge in [0, 0.05) is 29.6 Å². The minimum absolute atomic E-state index is 0.135. The van der Waals surface area contributed by atoms with Crippen LogP contribution < -0.4 is 5.32 Å². The molecule has 0 saturated heterocycles. The smallest absolute Gasteiger partial charge is 0.0253 e. The molecule has 0 heterocycles. The van der Waals surface area contributed by atoms with Crippen molar-refractivity contribution >= 4 is 15.9 Å². The lowest BCUT2D eigenvalue weighted by Crippen LogP contribution is -2.40. The number of rotatable bonds is 7. The average molecular weight is 339 g/mol. The first-order chi connectivity index (χ1) is 9.38. The largest absolute Gasteiger partial charge is 0.313 e. The third kappa shape index (κ3) is 5.39. The summed E-state index contributed by atoms with van der Waals surface area (Å²) >= 11 is 3.71. The van der Waals surface area contributed by atoms with E-state index in [0.29, 0.717) is 0 Å². The minimum Gasteiger partial charge on any atom is -0.313 e. The van der Waals surface area contributed by atoms with Gasteiger partial charge in [0.25, 0.3) is 0 Å². The van der Waals surface area contributed by atoms with E-state index in [1.165, 1.54) is 15.6 Å². The Morgan fingerprint density at radius 2 is 2.05 bits per heavy atom. The highest BCUT2D eigenvalue weighted by Gasteiger charge is 2.20. The van der Waals surface area contributed by atoms with Gasteiger partial charge >= 0.3 is 0 Å². The van der Waals surface area contributed by atoms with E-state index >= 15 is 0 Å². The highest BCUT2D eigenvalue weighted by Crippen LogP contribution is 2.24. The highest BCUT2D eigenvalue weighted by molar-refractivity contribution is 9.10. The molecule has 0 aromatic heterocycles. The van der Waals surface area contributed by atoms with E-state index in [0.717, 1.165) is 26.2 Å². The lowest BCUT2D eigenvalue weighted by molar-refractivity contribution is 0.145. The van der Waals surface area contributed by atoms with Crippen LogP contribution in [0.15, 0.2) is 35.3 Å². The molecule has 1 rings (SSSR count). The molecule has 0 bridgehead atoms. The molecule has 112 valence electrons. The van der Waals surface area contributed by atoms with Crippen molar-refractivity contribution in [2.45, 2.75) is 46.3 Å². The van der Waals surface area contributed by atoms with E-state index in [4.69, 9.17) is 0 Å². The molecule has 0 amide bonds. The standard InChI is InChI=1S/C17H27BrN2/c1-6-10-20(17(3,4)5)13-15-9-8-14(11-16(15)18)12-19-7-2/h6,8-9,11,19H,1,7,10,12-13H2,2-5H3. The van der Waals surface area contributed by atoms with Gasteiger partial charge in [-0.2, -0.15) is 0 Å². The van der Waals surface area contributed by atoms with Crippen LogP contribution in [0, 0.1) is 0 Å². The molecular formula is C17H27BrN2. The first-order valence-corrected chi connectivity index (χ1v) is 8.01. The fourth-order valence-corrected chi connectivity index (χ4v) is 2.59. The van der Waals surface area contributed by atoms with Gasteiger partial charge in [-0.1, -0.05) is 41.1 Å². The van der Waals surface area contributed by atoms with Gasteiger partial charge in [0.15, 0.2) is 0 Å². The topological polar surface area (TPSA) is 15.3 Å². The average Bonchev–Trinajstić information content (AvgIpc) is 2.37. The SMILES string of the molecule is C=CCN(Cc1ccc(CNCC)cc1Br)C(C)(C)C. The minimum atomic E-state index is 0.135. The third-order valence-electron chi connectivity index (χ3n) is 3.36. The predicted octanol–water partition coefficient (Wildman–Crippen LogP) is 4.35. The molecular weight excluding hydrogens is 312 g/mol. The Balaban J connectivity index is 2.83. The van der Waals surface area contributed by atoms with Gasteiger partial charge in [-0.15, -0.1) is 6.58 Å². The summed E-state index contributed by atoms with van der Waals surface area (Å²) in [6.07, 6.45) is 1.97. The number of halogens is 1. The van der Waals surface area contributed by atoms with Crippen molar-refractivity contribution in [2.75, 3.05) is 13.1 Å². The maximum Gasteiger partial charge on any atom is 0.0253 e. The van der Waals surface area contributed by atoms with Gasteiger partial charge in [-0.25, -0.2) is 0 Å². The quantitative estimate of drug-likeness (QED) is 0.743. The molecule has 20 heavy (non-hydrogen) atoms. The number of benzene rings is 1. The molecule has 0 aliphatic heterocycles. The van der Waals surface area contributed by atoms with Crippen LogP contribution in [0.5, 0.6) is 0 Å². The van der Waals surface area contributed by atoms with E-state index in [9.17, 15) is 0 Å². The van der Waals surface area contributed by atoms with Crippen molar-refractivity contribution in [2.24, 2.45) is 0 Å². The lowest BCUT2D eigenvalue weighted by atomic mass is 10.0. The molecule has 0 aliphatic rings. The lowest BCUT2D eigenvalue weighted by Gasteiger charge is -2.35. The van der Waals surface area contributed by atoms with Gasteiger partial charge in [0.05, 0.1) is 0 Å². The van der Waals surface area contributed by atoms with Crippen molar-refractivity contribution in [3.05, 3.63) is 46.5 Å². The van der Waals surface area contributed by atoms with Gasteiger partial charge in [-0.05, 0) is 44.5 Å². The Morgan fingerprint density at radius 1 is 1.35 bits per heavy atom. The number of hydrogen-bond acceptors (Lipinski definition) is 2. The molecule has 0 atom stereocenters. The van der Waals surface area contributed by atoms with E-state index in [1.807, 2.05) is 6.08 Å². The first-order valence-electron chi connectivity index (χ1n) is 7.22. The summed E-state index contributed by atoms with van der Waals surface area (Å²) in [5, 5.41) is 3.35. The van der Waals surface area contributed by atoms with Crippen molar-refractivity contribution in [3.8, 4) is 0 Å². The molecule has 0 radical (unpaired) electrons. The first kappa shape index (κ1) is 17.4. The fourth-order valence-electron chi connectivity index (χ4n) is 2.04. The summed E-state index contributed by atoms with van der Waals surface area (Å²) in [6.45, 7) is 16.5. The maximum atomic E-state index is 3.86. The van der Waals surface area contributed by atoms with Crippen LogP contribution in [0.2, 0.25) is 0 Å². The molecule has 2 nitrogen and oxygen atoms in total. The molecule has 0 unspecified atom stereocenters.